The Hall–Kier alpha value is -7.78. The minimum Gasteiger partial charge on any atom is -0.505 e. The number of ether oxygens (including phenoxy) is 1. The van der Waals surface area contributed by atoms with Crippen LogP contribution in [0.4, 0.5) is 45.5 Å². The summed E-state index contributed by atoms with van der Waals surface area (Å²) >= 11 is 0. The standard InChI is InChI=1S/C48H41N7O14S4/c1-6-68-44-28-43(53-52-42-22-21-41(37-19-16-34(26-39(37)42)72(61,62)66-3)51-50-32-13-10-14-33(25-32)71(59,60)65-2)40-27-35(73(63,64)67-4)17-20-38(40)46(44)54-55-47-45(69-70(5,57)58)24-29-23-31(15-18-36(29)48(47)56)49-30-11-8-7-9-12-30/h7-28,49,56H,6H2,1-5H3. The lowest BCUT2D eigenvalue weighted by atomic mass is 10.1. The highest BCUT2D eigenvalue weighted by atomic mass is 32.2. The summed E-state index contributed by atoms with van der Waals surface area (Å²) in [6.07, 6.45) is 0.827. The molecule has 0 saturated carbocycles. The summed E-state index contributed by atoms with van der Waals surface area (Å²) in [6, 6.07) is 33.5. The molecule has 0 saturated heterocycles. The lowest BCUT2D eigenvalue weighted by Crippen LogP contribution is -2.06. The lowest BCUT2D eigenvalue weighted by molar-refractivity contribution is 0.342. The highest BCUT2D eigenvalue weighted by Crippen LogP contribution is 2.48. The molecule has 0 aliphatic heterocycles. The zero-order chi connectivity index (χ0) is 52.3. The van der Waals surface area contributed by atoms with E-state index >= 15 is 0 Å². The first-order valence-corrected chi connectivity index (χ1v) is 27.4. The van der Waals surface area contributed by atoms with Gasteiger partial charge in [-0.2, -0.15) is 38.8 Å². The van der Waals surface area contributed by atoms with E-state index < -0.39 is 46.2 Å². The molecule has 21 nitrogen and oxygen atoms in total. The third kappa shape index (κ3) is 11.3. The second-order valence-electron chi connectivity index (χ2n) is 15.4. The van der Waals surface area contributed by atoms with Crippen molar-refractivity contribution in [3.05, 3.63) is 133 Å². The number of rotatable bonds is 18. The van der Waals surface area contributed by atoms with Crippen molar-refractivity contribution in [2.45, 2.75) is 21.6 Å². The van der Waals surface area contributed by atoms with Gasteiger partial charge in [0.15, 0.2) is 17.2 Å². The van der Waals surface area contributed by atoms with Crippen LogP contribution in [0, 0.1) is 0 Å². The molecule has 0 amide bonds. The number of hydrogen-bond acceptors (Lipinski definition) is 21. The fourth-order valence-electron chi connectivity index (χ4n) is 7.33. The second-order valence-corrected chi connectivity index (χ2v) is 22.2. The van der Waals surface area contributed by atoms with Crippen LogP contribution in [0.3, 0.4) is 0 Å². The molecule has 0 aromatic heterocycles. The second kappa shape index (κ2) is 20.7. The molecule has 8 aromatic rings. The van der Waals surface area contributed by atoms with Crippen LogP contribution < -0.4 is 14.2 Å². The molecule has 2 N–H and O–H groups in total. The molecule has 8 rings (SSSR count). The normalized spacial score (nSPS) is 12.7. The van der Waals surface area contributed by atoms with Gasteiger partial charge in [0.2, 0.25) is 0 Å². The van der Waals surface area contributed by atoms with Crippen LogP contribution in [-0.4, -0.2) is 73.0 Å². The molecule has 73 heavy (non-hydrogen) atoms. The van der Waals surface area contributed by atoms with Crippen LogP contribution >= 0.6 is 0 Å². The van der Waals surface area contributed by atoms with Crippen LogP contribution in [0.15, 0.2) is 179 Å². The van der Waals surface area contributed by atoms with E-state index in [0.717, 1.165) is 33.3 Å². The maximum absolute atomic E-state index is 13.1. The van der Waals surface area contributed by atoms with Crippen LogP contribution in [-0.2, 0) is 53.0 Å². The topological polar surface area (TPSA) is 289 Å². The zero-order valence-corrected chi connectivity index (χ0v) is 42.2. The quantitative estimate of drug-likeness (QED) is 0.0596. The number of fused-ring (bicyclic) bond motifs is 3. The molecule has 0 bridgehead atoms. The van der Waals surface area contributed by atoms with Gasteiger partial charge in [0, 0.05) is 44.4 Å². The van der Waals surface area contributed by atoms with E-state index in [4.69, 9.17) is 17.3 Å². The number of azo groups is 3. The van der Waals surface area contributed by atoms with E-state index in [9.17, 15) is 38.8 Å². The van der Waals surface area contributed by atoms with Crippen molar-refractivity contribution in [1.82, 2.24) is 0 Å². The Kier molecular flexibility index (Phi) is 14.7. The molecular weight excluding hydrogens is 1030 g/mol. The minimum absolute atomic E-state index is 0.00990. The van der Waals surface area contributed by atoms with Crippen molar-refractivity contribution < 1.29 is 60.2 Å². The molecular formula is C48H41N7O14S4. The first-order chi connectivity index (χ1) is 34.7. The van der Waals surface area contributed by atoms with Gasteiger partial charge in [-0.25, -0.2) is 0 Å². The maximum atomic E-state index is 13.1. The van der Waals surface area contributed by atoms with Crippen molar-refractivity contribution in [2.24, 2.45) is 30.7 Å². The summed E-state index contributed by atoms with van der Waals surface area (Å²) in [5, 5.41) is 42.8. The largest absolute Gasteiger partial charge is 0.505 e. The van der Waals surface area contributed by atoms with Crippen LogP contribution in [0.1, 0.15) is 6.92 Å². The molecule has 0 spiro atoms. The van der Waals surface area contributed by atoms with Gasteiger partial charge in [0.05, 0.1) is 71.6 Å². The number of anilines is 2. The molecule has 8 aromatic carbocycles. The molecule has 0 atom stereocenters. The molecule has 0 aliphatic carbocycles. The highest BCUT2D eigenvalue weighted by molar-refractivity contribution is 7.87. The van der Waals surface area contributed by atoms with E-state index in [0.29, 0.717) is 16.5 Å². The Morgan fingerprint density at radius 1 is 0.479 bits per heavy atom. The predicted octanol–water partition coefficient (Wildman–Crippen LogP) is 11.6. The Morgan fingerprint density at radius 2 is 1.04 bits per heavy atom. The number of phenols is 1. The first-order valence-electron chi connectivity index (χ1n) is 21.3. The average molecular weight is 1070 g/mol. The van der Waals surface area contributed by atoms with Gasteiger partial charge >= 0.3 is 10.1 Å². The van der Waals surface area contributed by atoms with Crippen molar-refractivity contribution >= 4 is 118 Å². The molecule has 25 heteroatoms. The average Bonchev–Trinajstić information content (AvgIpc) is 3.37. The predicted molar refractivity (Wildman–Crippen MR) is 271 cm³/mol. The third-order valence-corrected chi connectivity index (χ3v) is 15.0. The molecule has 0 radical (unpaired) electrons. The van der Waals surface area contributed by atoms with Crippen molar-refractivity contribution in [3.63, 3.8) is 0 Å². The number of para-hydroxylation sites is 1. The van der Waals surface area contributed by atoms with Crippen molar-refractivity contribution in [3.8, 4) is 17.2 Å². The molecule has 0 unspecified atom stereocenters. The first kappa shape index (κ1) is 51.6. The zero-order valence-electron chi connectivity index (χ0n) is 39.0. The van der Waals surface area contributed by atoms with Crippen molar-refractivity contribution in [1.29, 1.82) is 0 Å². The van der Waals surface area contributed by atoms with Gasteiger partial charge in [-0.3, -0.25) is 12.5 Å². The number of aromatic hydroxyl groups is 1. The van der Waals surface area contributed by atoms with Gasteiger partial charge in [-0.05, 0) is 103 Å². The molecule has 0 fully saturated rings. The van der Waals surface area contributed by atoms with E-state index in [-0.39, 0.29) is 88.5 Å². The lowest BCUT2D eigenvalue weighted by Gasteiger charge is -2.14. The number of nitrogens with zero attached hydrogens (tertiary/aromatic N) is 6. The molecule has 376 valence electrons. The molecule has 0 aliphatic rings. The summed E-state index contributed by atoms with van der Waals surface area (Å²) < 4.78 is 127. The monoisotopic (exact) mass is 1070 g/mol. The Balaban J connectivity index is 1.27. The highest BCUT2D eigenvalue weighted by Gasteiger charge is 2.23. The number of nitrogens with one attached hydrogen (secondary N) is 1. The smallest absolute Gasteiger partial charge is 0.306 e. The minimum atomic E-state index is -4.32. The maximum Gasteiger partial charge on any atom is 0.306 e. The van der Waals surface area contributed by atoms with Crippen LogP contribution in [0.25, 0.3) is 32.3 Å². The van der Waals surface area contributed by atoms with Gasteiger partial charge in [0.1, 0.15) is 11.4 Å². The number of phenolic OH excluding ortho intramolecular Hbond substituents is 1. The van der Waals surface area contributed by atoms with Gasteiger partial charge in [-0.1, -0.05) is 36.4 Å². The fraction of sp³-hybridized carbons (Fsp3) is 0.125. The summed E-state index contributed by atoms with van der Waals surface area (Å²) in [4.78, 5) is -0.692. The van der Waals surface area contributed by atoms with Gasteiger partial charge < -0.3 is 19.3 Å². The number of benzene rings is 8. The fourth-order valence-corrected chi connectivity index (χ4v) is 9.86. The summed E-state index contributed by atoms with van der Waals surface area (Å²) in [5.74, 6) is -0.795. The molecule has 0 heterocycles. The summed E-state index contributed by atoms with van der Waals surface area (Å²) in [5.41, 5.74) is 1.52. The van der Waals surface area contributed by atoms with E-state index in [2.05, 4.69) is 40.2 Å². The van der Waals surface area contributed by atoms with Gasteiger partial charge in [0.25, 0.3) is 30.4 Å². The Morgan fingerprint density at radius 3 is 1.67 bits per heavy atom. The van der Waals surface area contributed by atoms with E-state index in [1.54, 1.807) is 25.1 Å². The van der Waals surface area contributed by atoms with Crippen molar-refractivity contribution in [2.75, 3.05) is 39.5 Å². The Labute approximate surface area is 418 Å². The SMILES string of the molecule is CCOc1cc(N=Nc2ccc(N=Nc3cccc(S(=O)(=O)OC)c3)c3ccc(S(=O)(=O)OC)cc23)c2cc(S(=O)(=O)OC)ccc2c1N=Nc1c(OS(C)(=O)=O)cc2cc(Nc3ccccc3)ccc2c1O. The van der Waals surface area contributed by atoms with Crippen LogP contribution in [0.2, 0.25) is 0 Å². The van der Waals surface area contributed by atoms with Gasteiger partial charge in [-0.15, -0.1) is 25.6 Å². The third-order valence-electron chi connectivity index (χ3n) is 10.8. The Bertz CT molecular complexity index is 4050. The van der Waals surface area contributed by atoms with E-state index in [1.807, 2.05) is 30.3 Å². The summed E-state index contributed by atoms with van der Waals surface area (Å²) in [6.45, 7) is 1.75. The number of hydrogen-bond donors (Lipinski definition) is 2. The van der Waals surface area contributed by atoms with E-state index in [1.165, 1.54) is 84.9 Å². The van der Waals surface area contributed by atoms with Crippen LogP contribution in [0.5, 0.6) is 17.2 Å². The summed E-state index contributed by atoms with van der Waals surface area (Å²) in [7, 11) is -13.8.